The number of benzene rings is 2. The summed E-state index contributed by atoms with van der Waals surface area (Å²) in [7, 11) is 0. The van der Waals surface area contributed by atoms with E-state index >= 15 is 0 Å². The van der Waals surface area contributed by atoms with Crippen LogP contribution in [0.3, 0.4) is 0 Å². The molecule has 100 valence electrons. The van der Waals surface area contributed by atoms with Gasteiger partial charge in [0.15, 0.2) is 11.5 Å². The molecule has 0 aromatic heterocycles. The summed E-state index contributed by atoms with van der Waals surface area (Å²) in [5.41, 5.74) is 1.48. The van der Waals surface area contributed by atoms with E-state index in [4.69, 9.17) is 4.74 Å². The van der Waals surface area contributed by atoms with Crippen molar-refractivity contribution in [3.8, 4) is 17.2 Å². The maximum absolute atomic E-state index is 11.3. The van der Waals surface area contributed by atoms with Crippen molar-refractivity contribution in [1.29, 1.82) is 0 Å². The zero-order chi connectivity index (χ0) is 14.1. The first-order chi connectivity index (χ1) is 9.69. The van der Waals surface area contributed by atoms with Crippen molar-refractivity contribution < 1.29 is 19.7 Å². The quantitative estimate of drug-likeness (QED) is 0.649. The van der Waals surface area contributed by atoms with Gasteiger partial charge in [0.25, 0.3) is 0 Å². The van der Waals surface area contributed by atoms with Crippen LogP contribution in [0.2, 0.25) is 0 Å². The standard InChI is InChI=1S/C16H12O4/c17-9-12-11-3-1-2-4-15(11)20-16(12)8-10-5-6-13(18)14(19)7-10/h1-9,12,18-19H. The van der Waals surface area contributed by atoms with Crippen LogP contribution in [0.25, 0.3) is 6.08 Å². The second kappa shape index (κ2) is 4.74. The topological polar surface area (TPSA) is 66.8 Å². The molecule has 1 atom stereocenters. The van der Waals surface area contributed by atoms with E-state index in [9.17, 15) is 15.0 Å². The Balaban J connectivity index is 2.00. The molecule has 2 aromatic carbocycles. The number of carbonyl (C=O) groups excluding carboxylic acids is 1. The lowest BCUT2D eigenvalue weighted by atomic mass is 9.99. The van der Waals surface area contributed by atoms with Crippen LogP contribution in [-0.2, 0) is 4.79 Å². The summed E-state index contributed by atoms with van der Waals surface area (Å²) in [6.45, 7) is 0. The molecule has 1 aliphatic rings. The zero-order valence-electron chi connectivity index (χ0n) is 10.5. The molecule has 0 radical (unpaired) electrons. The highest BCUT2D eigenvalue weighted by atomic mass is 16.5. The number of phenolic OH excluding ortho intramolecular Hbond substituents is 2. The molecule has 0 aliphatic carbocycles. The molecule has 20 heavy (non-hydrogen) atoms. The molecular weight excluding hydrogens is 256 g/mol. The fourth-order valence-corrected chi connectivity index (χ4v) is 2.23. The minimum absolute atomic E-state index is 0.185. The van der Waals surface area contributed by atoms with Gasteiger partial charge in [0.05, 0.1) is 0 Å². The van der Waals surface area contributed by atoms with E-state index in [0.717, 1.165) is 11.8 Å². The Kier molecular flexibility index (Phi) is 2.91. The van der Waals surface area contributed by atoms with Crippen LogP contribution < -0.4 is 4.74 Å². The van der Waals surface area contributed by atoms with Crippen molar-refractivity contribution in [3.05, 3.63) is 59.4 Å². The van der Waals surface area contributed by atoms with E-state index in [1.54, 1.807) is 18.2 Å². The van der Waals surface area contributed by atoms with Crippen LogP contribution in [0.15, 0.2) is 48.2 Å². The molecule has 0 spiro atoms. The first kappa shape index (κ1) is 12.3. The molecule has 0 bridgehead atoms. The van der Waals surface area contributed by atoms with Gasteiger partial charge in [-0.3, -0.25) is 0 Å². The number of aldehydes is 1. The molecule has 4 nitrogen and oxygen atoms in total. The number of phenols is 2. The van der Waals surface area contributed by atoms with Crippen molar-refractivity contribution in [3.63, 3.8) is 0 Å². The lowest BCUT2D eigenvalue weighted by Gasteiger charge is -2.04. The van der Waals surface area contributed by atoms with Crippen molar-refractivity contribution >= 4 is 12.4 Å². The Morgan fingerprint density at radius 1 is 1.05 bits per heavy atom. The summed E-state index contributed by atoms with van der Waals surface area (Å²) in [5, 5.41) is 18.8. The second-order valence-electron chi connectivity index (χ2n) is 4.55. The number of rotatable bonds is 2. The number of hydrogen-bond acceptors (Lipinski definition) is 4. The highest BCUT2D eigenvalue weighted by molar-refractivity contribution is 5.75. The smallest absolute Gasteiger partial charge is 0.157 e. The number of ether oxygens (including phenoxy) is 1. The molecule has 0 amide bonds. The Morgan fingerprint density at radius 2 is 1.85 bits per heavy atom. The van der Waals surface area contributed by atoms with E-state index in [1.165, 1.54) is 12.1 Å². The van der Waals surface area contributed by atoms with E-state index in [0.29, 0.717) is 17.1 Å². The van der Waals surface area contributed by atoms with Crippen LogP contribution in [0, 0.1) is 0 Å². The fourth-order valence-electron chi connectivity index (χ4n) is 2.23. The number of aromatic hydroxyl groups is 2. The van der Waals surface area contributed by atoms with Gasteiger partial charge in [-0.1, -0.05) is 24.3 Å². The summed E-state index contributed by atoms with van der Waals surface area (Å²) >= 11 is 0. The summed E-state index contributed by atoms with van der Waals surface area (Å²) in [6, 6.07) is 11.8. The maximum atomic E-state index is 11.3. The molecule has 0 fully saturated rings. The van der Waals surface area contributed by atoms with Gasteiger partial charge in [-0.25, -0.2) is 0 Å². The monoisotopic (exact) mass is 268 g/mol. The maximum Gasteiger partial charge on any atom is 0.157 e. The Labute approximate surface area is 115 Å². The first-order valence-corrected chi connectivity index (χ1v) is 6.14. The van der Waals surface area contributed by atoms with E-state index < -0.39 is 5.92 Å². The molecular formula is C16H12O4. The summed E-state index contributed by atoms with van der Waals surface area (Å²) in [4.78, 5) is 11.3. The highest BCUT2D eigenvalue weighted by Gasteiger charge is 2.28. The van der Waals surface area contributed by atoms with Crippen LogP contribution in [0.1, 0.15) is 17.0 Å². The van der Waals surface area contributed by atoms with E-state index in [2.05, 4.69) is 0 Å². The molecule has 2 N–H and O–H groups in total. The molecule has 1 unspecified atom stereocenters. The molecule has 0 saturated carbocycles. The minimum Gasteiger partial charge on any atom is -0.504 e. The minimum atomic E-state index is -0.442. The van der Waals surface area contributed by atoms with E-state index in [-0.39, 0.29) is 11.5 Å². The van der Waals surface area contributed by atoms with Crippen molar-refractivity contribution in [2.45, 2.75) is 5.92 Å². The molecule has 3 rings (SSSR count). The largest absolute Gasteiger partial charge is 0.504 e. The average molecular weight is 268 g/mol. The number of allylic oxidation sites excluding steroid dienone is 1. The third-order valence-electron chi connectivity index (χ3n) is 3.23. The molecule has 1 heterocycles. The molecule has 0 saturated heterocycles. The van der Waals surface area contributed by atoms with Crippen molar-refractivity contribution in [1.82, 2.24) is 0 Å². The van der Waals surface area contributed by atoms with Gasteiger partial charge >= 0.3 is 0 Å². The second-order valence-corrected chi connectivity index (χ2v) is 4.55. The molecule has 4 heteroatoms. The fraction of sp³-hybridized carbons (Fsp3) is 0.0625. The zero-order valence-corrected chi connectivity index (χ0v) is 10.5. The molecule has 1 aliphatic heterocycles. The first-order valence-electron chi connectivity index (χ1n) is 6.14. The highest BCUT2D eigenvalue weighted by Crippen LogP contribution is 2.40. The third kappa shape index (κ3) is 2.01. The van der Waals surface area contributed by atoms with E-state index in [1.807, 2.05) is 18.2 Å². The lowest BCUT2D eigenvalue weighted by molar-refractivity contribution is -0.108. The van der Waals surface area contributed by atoms with Crippen LogP contribution in [0.4, 0.5) is 0 Å². The Morgan fingerprint density at radius 3 is 2.60 bits per heavy atom. The van der Waals surface area contributed by atoms with Crippen molar-refractivity contribution in [2.75, 3.05) is 0 Å². The Hall–Kier alpha value is -2.75. The van der Waals surface area contributed by atoms with Gasteiger partial charge < -0.3 is 19.7 Å². The number of hydrogen-bond donors (Lipinski definition) is 2. The summed E-state index contributed by atoms with van der Waals surface area (Å²) < 4.78 is 5.67. The lowest BCUT2D eigenvalue weighted by Crippen LogP contribution is -1.99. The predicted octanol–water partition coefficient (Wildman–Crippen LogP) is 2.81. The van der Waals surface area contributed by atoms with Gasteiger partial charge in [0.2, 0.25) is 0 Å². The SMILES string of the molecule is O=CC1C(=Cc2ccc(O)c(O)c2)Oc2ccccc21. The van der Waals surface area contributed by atoms with Crippen LogP contribution in [0.5, 0.6) is 17.2 Å². The molecule has 2 aromatic rings. The van der Waals surface area contributed by atoms with Gasteiger partial charge in [-0.15, -0.1) is 0 Å². The number of fused-ring (bicyclic) bond motifs is 1. The predicted molar refractivity (Wildman–Crippen MR) is 73.6 cm³/mol. The van der Waals surface area contributed by atoms with Gasteiger partial charge in [-0.05, 0) is 29.8 Å². The van der Waals surface area contributed by atoms with Crippen LogP contribution >= 0.6 is 0 Å². The number of carbonyl (C=O) groups is 1. The average Bonchev–Trinajstić information content (AvgIpc) is 2.80. The van der Waals surface area contributed by atoms with Gasteiger partial charge in [-0.2, -0.15) is 0 Å². The normalized spacial score (nSPS) is 18.6. The third-order valence-corrected chi connectivity index (χ3v) is 3.23. The van der Waals surface area contributed by atoms with Crippen molar-refractivity contribution in [2.24, 2.45) is 0 Å². The summed E-state index contributed by atoms with van der Waals surface area (Å²) in [5.74, 6) is 0.333. The number of para-hydroxylation sites is 1. The Bertz CT molecular complexity index is 703. The van der Waals surface area contributed by atoms with Gasteiger partial charge in [0.1, 0.15) is 23.7 Å². The van der Waals surface area contributed by atoms with Gasteiger partial charge in [0, 0.05) is 5.56 Å². The summed E-state index contributed by atoms with van der Waals surface area (Å²) in [6.07, 6.45) is 2.51. The van der Waals surface area contributed by atoms with Crippen LogP contribution in [-0.4, -0.2) is 16.5 Å².